The number of hydrogen-bond acceptors (Lipinski definition) is 7. The molecule has 2 saturated heterocycles. The summed E-state index contributed by atoms with van der Waals surface area (Å²) in [4.78, 5) is 32.1. The van der Waals surface area contributed by atoms with Gasteiger partial charge in [0.2, 0.25) is 0 Å². The molecule has 2 fully saturated rings. The van der Waals surface area contributed by atoms with Crippen LogP contribution >= 0.6 is 0 Å². The minimum Gasteiger partial charge on any atom is -0.471 e. The Morgan fingerprint density at radius 3 is 2.35 bits per heavy atom. The predicted molar refractivity (Wildman–Crippen MR) is 96.7 cm³/mol. The van der Waals surface area contributed by atoms with Crippen LogP contribution in [0.15, 0.2) is 30.3 Å². The lowest BCUT2D eigenvalue weighted by molar-refractivity contribution is -0.206. The van der Waals surface area contributed by atoms with Gasteiger partial charge in [0.1, 0.15) is 5.75 Å². The monoisotopic (exact) mass is 361 g/mol. The molecule has 1 N–H and O–H groups in total. The third kappa shape index (κ3) is 5.03. The molecule has 1 unspecified atom stereocenters. The van der Waals surface area contributed by atoms with Crippen molar-refractivity contribution in [3.8, 4) is 5.75 Å². The molecule has 142 valence electrons. The number of hydroxylamine groups is 2. The van der Waals surface area contributed by atoms with E-state index in [0.29, 0.717) is 24.9 Å². The second kappa shape index (κ2) is 9.12. The third-order valence-corrected chi connectivity index (χ3v) is 4.90. The molecule has 0 radical (unpaired) electrons. The Kier molecular flexibility index (Phi) is 6.60. The Morgan fingerprint density at radius 2 is 1.73 bits per heavy atom. The fraction of sp³-hybridized carbons (Fsp3) is 0.579. The van der Waals surface area contributed by atoms with Gasteiger partial charge in [-0.05, 0) is 45.0 Å². The number of ether oxygens (including phenoxy) is 1. The van der Waals surface area contributed by atoms with E-state index in [0.717, 1.165) is 39.0 Å². The zero-order valence-corrected chi connectivity index (χ0v) is 15.2. The van der Waals surface area contributed by atoms with Gasteiger partial charge in [-0.25, -0.2) is 4.79 Å². The molecule has 0 aromatic heterocycles. The highest BCUT2D eigenvalue weighted by Gasteiger charge is 2.32. The molecule has 1 aromatic rings. The molecule has 1 atom stereocenters. The summed E-state index contributed by atoms with van der Waals surface area (Å²) in [6, 6.07) is 9.45. The number of nitrogens with one attached hydrogen (secondary N) is 1. The second-order valence-electron chi connectivity index (χ2n) is 6.78. The van der Waals surface area contributed by atoms with Crippen LogP contribution < -0.4 is 10.1 Å². The summed E-state index contributed by atoms with van der Waals surface area (Å²) < 4.78 is 5.53. The van der Waals surface area contributed by atoms with Crippen molar-refractivity contribution in [3.05, 3.63) is 30.3 Å². The summed E-state index contributed by atoms with van der Waals surface area (Å²) in [7, 11) is 0. The van der Waals surface area contributed by atoms with Crippen molar-refractivity contribution < 1.29 is 19.2 Å². The lowest BCUT2D eigenvalue weighted by Gasteiger charge is -2.40. The molecule has 26 heavy (non-hydrogen) atoms. The van der Waals surface area contributed by atoms with Gasteiger partial charge < -0.3 is 14.9 Å². The van der Waals surface area contributed by atoms with Crippen LogP contribution in [0, 0.1) is 0 Å². The van der Waals surface area contributed by atoms with Gasteiger partial charge in [-0.1, -0.05) is 18.2 Å². The minimum absolute atomic E-state index is 0.368. The van der Waals surface area contributed by atoms with Crippen LogP contribution in [0.4, 0.5) is 0 Å². The summed E-state index contributed by atoms with van der Waals surface area (Å²) in [5.41, 5.74) is 0. The molecule has 0 aliphatic carbocycles. The average molecular weight is 361 g/mol. The summed E-state index contributed by atoms with van der Waals surface area (Å²) in [5, 5.41) is 5.02. The van der Waals surface area contributed by atoms with Gasteiger partial charge in [0.05, 0.1) is 0 Å². The quantitative estimate of drug-likeness (QED) is 0.753. The van der Waals surface area contributed by atoms with Gasteiger partial charge in [0.25, 0.3) is 6.10 Å². The molecule has 0 amide bonds. The number of ketones is 1. The van der Waals surface area contributed by atoms with Gasteiger partial charge in [-0.15, -0.1) is 5.06 Å². The highest BCUT2D eigenvalue weighted by Crippen LogP contribution is 2.16. The van der Waals surface area contributed by atoms with E-state index in [1.54, 1.807) is 29.3 Å². The van der Waals surface area contributed by atoms with Gasteiger partial charge in [0.15, 0.2) is 5.78 Å². The van der Waals surface area contributed by atoms with E-state index in [9.17, 15) is 9.59 Å². The molecule has 7 heteroatoms. The number of hydrogen-bond donors (Lipinski definition) is 1. The molecule has 0 bridgehead atoms. The molecular weight excluding hydrogens is 334 g/mol. The number of para-hydroxylation sites is 1. The van der Waals surface area contributed by atoms with Crippen molar-refractivity contribution in [2.45, 2.75) is 31.9 Å². The minimum atomic E-state index is -1.24. The standard InChI is InChI=1S/C19H27N3O4/c1-15(23)18(25-17-5-3-2-4-6-17)19(24)26-22-13-11-21(12-14-22)16-7-9-20-10-8-16/h2-6,16,18,20H,7-14H2,1H3. The largest absolute Gasteiger partial charge is 0.471 e. The third-order valence-electron chi connectivity index (χ3n) is 4.90. The Balaban J connectivity index is 1.49. The fourth-order valence-electron chi connectivity index (χ4n) is 3.44. The zero-order chi connectivity index (χ0) is 18.4. The van der Waals surface area contributed by atoms with Gasteiger partial charge in [-0.3, -0.25) is 9.69 Å². The summed E-state index contributed by atoms with van der Waals surface area (Å²) in [6.07, 6.45) is 1.09. The van der Waals surface area contributed by atoms with E-state index < -0.39 is 12.1 Å². The van der Waals surface area contributed by atoms with Gasteiger partial charge in [-0.2, -0.15) is 0 Å². The number of Topliss-reactive ketones (excluding diaryl/α,β-unsaturated/α-hetero) is 1. The Morgan fingerprint density at radius 1 is 1.08 bits per heavy atom. The van der Waals surface area contributed by atoms with Crippen molar-refractivity contribution in [2.75, 3.05) is 39.3 Å². The first kappa shape index (κ1) is 18.8. The predicted octanol–water partition coefficient (Wildman–Crippen LogP) is 0.851. The van der Waals surface area contributed by atoms with Gasteiger partial charge in [0, 0.05) is 32.2 Å². The topological polar surface area (TPSA) is 71.1 Å². The fourth-order valence-corrected chi connectivity index (χ4v) is 3.44. The lowest BCUT2D eigenvalue weighted by atomic mass is 10.0. The van der Waals surface area contributed by atoms with Crippen LogP contribution in [0.1, 0.15) is 19.8 Å². The van der Waals surface area contributed by atoms with Gasteiger partial charge >= 0.3 is 5.97 Å². The summed E-state index contributed by atoms with van der Waals surface area (Å²) in [6.45, 7) is 6.49. The number of rotatable bonds is 6. The molecule has 2 heterocycles. The normalized spacial score (nSPS) is 21.1. The number of carbonyl (C=O) groups is 2. The van der Waals surface area contributed by atoms with E-state index in [-0.39, 0.29) is 5.78 Å². The Bertz CT molecular complexity index is 596. The van der Waals surface area contributed by atoms with Crippen LogP contribution in [0.3, 0.4) is 0 Å². The molecule has 0 spiro atoms. The van der Waals surface area contributed by atoms with E-state index in [2.05, 4.69) is 10.2 Å². The van der Waals surface area contributed by atoms with Crippen molar-refractivity contribution in [3.63, 3.8) is 0 Å². The van der Waals surface area contributed by atoms with Crippen molar-refractivity contribution in [1.29, 1.82) is 0 Å². The molecule has 3 rings (SSSR count). The van der Waals surface area contributed by atoms with Crippen LogP contribution in [0.2, 0.25) is 0 Å². The van der Waals surface area contributed by atoms with E-state index in [4.69, 9.17) is 9.57 Å². The number of carbonyl (C=O) groups excluding carboxylic acids is 2. The SMILES string of the molecule is CC(=O)C(Oc1ccccc1)C(=O)ON1CCN(C2CCNCC2)CC1. The van der Waals surface area contributed by atoms with Crippen LogP contribution in [-0.4, -0.2) is 73.1 Å². The maximum Gasteiger partial charge on any atom is 0.374 e. The first-order valence-electron chi connectivity index (χ1n) is 9.27. The number of nitrogens with zero attached hydrogens (tertiary/aromatic N) is 2. The maximum atomic E-state index is 12.4. The first-order chi connectivity index (χ1) is 12.6. The molecule has 2 aliphatic heterocycles. The van der Waals surface area contributed by atoms with E-state index in [1.807, 2.05) is 6.07 Å². The first-order valence-corrected chi connectivity index (χ1v) is 9.27. The molecule has 0 saturated carbocycles. The van der Waals surface area contributed by atoms with Crippen molar-refractivity contribution in [1.82, 2.24) is 15.3 Å². The van der Waals surface area contributed by atoms with Crippen LogP contribution in [0.5, 0.6) is 5.75 Å². The summed E-state index contributed by atoms with van der Waals surface area (Å²) >= 11 is 0. The van der Waals surface area contributed by atoms with Crippen LogP contribution in [0.25, 0.3) is 0 Å². The van der Waals surface area contributed by atoms with Crippen LogP contribution in [-0.2, 0) is 14.4 Å². The number of benzene rings is 1. The Labute approximate surface area is 154 Å². The highest BCUT2D eigenvalue weighted by atomic mass is 16.7. The number of piperidine rings is 1. The molecule has 1 aromatic carbocycles. The number of piperazine rings is 1. The molecule has 7 nitrogen and oxygen atoms in total. The molecule has 2 aliphatic rings. The maximum absolute atomic E-state index is 12.4. The smallest absolute Gasteiger partial charge is 0.374 e. The molecular formula is C19H27N3O4. The highest BCUT2D eigenvalue weighted by molar-refractivity contribution is 6.01. The van der Waals surface area contributed by atoms with Crippen molar-refractivity contribution >= 4 is 11.8 Å². The second-order valence-corrected chi connectivity index (χ2v) is 6.78. The Hall–Kier alpha value is -1.96. The van der Waals surface area contributed by atoms with E-state index >= 15 is 0 Å². The van der Waals surface area contributed by atoms with Crippen molar-refractivity contribution in [2.24, 2.45) is 0 Å². The summed E-state index contributed by atoms with van der Waals surface area (Å²) in [5.74, 6) is -0.552. The lowest BCUT2D eigenvalue weighted by Crippen LogP contribution is -2.53. The zero-order valence-electron chi connectivity index (χ0n) is 15.2. The average Bonchev–Trinajstić information content (AvgIpc) is 2.68. The van der Waals surface area contributed by atoms with E-state index in [1.165, 1.54) is 6.92 Å².